The second-order valence-electron chi connectivity index (χ2n) is 7.34. The van der Waals surface area contributed by atoms with Crippen molar-refractivity contribution in [2.75, 3.05) is 20.6 Å². The maximum Gasteiger partial charge on any atom is 0.242 e. The summed E-state index contributed by atoms with van der Waals surface area (Å²) in [7, 11) is 3.94. The average molecular weight is 400 g/mol. The van der Waals surface area contributed by atoms with Gasteiger partial charge in [-0.3, -0.25) is 9.59 Å². The molecule has 2 aromatic rings. The van der Waals surface area contributed by atoms with Crippen molar-refractivity contribution in [3.05, 3.63) is 70.7 Å². The van der Waals surface area contributed by atoms with E-state index < -0.39 is 6.04 Å². The minimum atomic E-state index is -0.421. The largest absolute Gasteiger partial charge is 0.352 e. The number of likely N-dealkylation sites (N-methyl/N-ethyl adjacent to an activating group) is 1. The van der Waals surface area contributed by atoms with Gasteiger partial charge in [-0.15, -0.1) is 0 Å². The molecule has 0 radical (unpaired) electrons. The highest BCUT2D eigenvalue weighted by atomic mass is 35.5. The normalized spacial score (nSPS) is 17.8. The van der Waals surface area contributed by atoms with Crippen LogP contribution in [0, 0.1) is 0 Å². The Balaban J connectivity index is 1.66. The number of hydrogen-bond donors (Lipinski definition) is 1. The third-order valence-corrected chi connectivity index (χ3v) is 5.39. The number of nitrogens with zero attached hydrogens (tertiary/aromatic N) is 2. The van der Waals surface area contributed by atoms with Gasteiger partial charge in [-0.1, -0.05) is 54.1 Å². The summed E-state index contributed by atoms with van der Waals surface area (Å²) < 4.78 is 0. The maximum atomic E-state index is 12.9. The van der Waals surface area contributed by atoms with Crippen molar-refractivity contribution in [3.8, 4) is 0 Å². The molecule has 2 atom stereocenters. The quantitative estimate of drug-likeness (QED) is 0.777. The van der Waals surface area contributed by atoms with Crippen LogP contribution in [-0.2, 0) is 16.1 Å². The van der Waals surface area contributed by atoms with Crippen LogP contribution in [0.4, 0.5) is 0 Å². The molecular formula is C22H26ClN3O2. The monoisotopic (exact) mass is 399 g/mol. The van der Waals surface area contributed by atoms with E-state index in [0.717, 1.165) is 11.1 Å². The van der Waals surface area contributed by atoms with Crippen molar-refractivity contribution in [1.29, 1.82) is 0 Å². The Bertz CT molecular complexity index is 826. The molecule has 3 rings (SSSR count). The van der Waals surface area contributed by atoms with Crippen molar-refractivity contribution in [3.63, 3.8) is 0 Å². The van der Waals surface area contributed by atoms with Crippen LogP contribution in [0.5, 0.6) is 0 Å². The van der Waals surface area contributed by atoms with Gasteiger partial charge >= 0.3 is 0 Å². The van der Waals surface area contributed by atoms with Gasteiger partial charge in [-0.2, -0.15) is 0 Å². The molecule has 1 aliphatic rings. The molecule has 1 heterocycles. The zero-order valence-corrected chi connectivity index (χ0v) is 17.0. The number of halogens is 1. The van der Waals surface area contributed by atoms with Gasteiger partial charge in [0.05, 0.1) is 6.04 Å². The first-order chi connectivity index (χ1) is 13.5. The summed E-state index contributed by atoms with van der Waals surface area (Å²) in [4.78, 5) is 28.9. The van der Waals surface area contributed by atoms with E-state index in [1.165, 1.54) is 0 Å². The van der Waals surface area contributed by atoms with Crippen LogP contribution in [-0.4, -0.2) is 48.3 Å². The molecule has 2 aromatic carbocycles. The Morgan fingerprint density at radius 2 is 1.96 bits per heavy atom. The average Bonchev–Trinajstić information content (AvgIpc) is 3.03. The molecule has 0 saturated carbocycles. The van der Waals surface area contributed by atoms with E-state index in [9.17, 15) is 9.59 Å². The predicted octanol–water partition coefficient (Wildman–Crippen LogP) is 3.25. The Kier molecular flexibility index (Phi) is 6.70. The number of nitrogens with one attached hydrogen (secondary N) is 1. The second kappa shape index (κ2) is 9.22. The number of amides is 2. The summed E-state index contributed by atoms with van der Waals surface area (Å²) in [5.74, 6) is -0.0707. The predicted molar refractivity (Wildman–Crippen MR) is 111 cm³/mol. The van der Waals surface area contributed by atoms with Gasteiger partial charge in [0.25, 0.3) is 0 Å². The summed E-state index contributed by atoms with van der Waals surface area (Å²) >= 11 is 6.12. The molecule has 2 unspecified atom stereocenters. The van der Waals surface area contributed by atoms with Crippen LogP contribution in [0.3, 0.4) is 0 Å². The fraction of sp³-hybridized carbons (Fsp3) is 0.364. The lowest BCUT2D eigenvalue weighted by molar-refractivity contribution is -0.135. The molecule has 0 aliphatic carbocycles. The summed E-state index contributed by atoms with van der Waals surface area (Å²) in [5.41, 5.74) is 2.07. The van der Waals surface area contributed by atoms with Crippen molar-refractivity contribution >= 4 is 23.4 Å². The van der Waals surface area contributed by atoms with E-state index in [2.05, 4.69) is 5.32 Å². The molecule has 2 amide bonds. The number of carbonyl (C=O) groups is 2. The van der Waals surface area contributed by atoms with Crippen molar-refractivity contribution in [2.45, 2.75) is 31.5 Å². The summed E-state index contributed by atoms with van der Waals surface area (Å²) in [5, 5.41) is 3.72. The molecule has 0 bridgehead atoms. The lowest BCUT2D eigenvalue weighted by atomic mass is 10.1. The van der Waals surface area contributed by atoms with E-state index >= 15 is 0 Å². The number of likely N-dealkylation sites (tertiary alicyclic amines) is 1. The lowest BCUT2D eigenvalue weighted by Crippen LogP contribution is -2.46. The zero-order chi connectivity index (χ0) is 20.1. The van der Waals surface area contributed by atoms with Gasteiger partial charge < -0.3 is 15.1 Å². The molecule has 28 heavy (non-hydrogen) atoms. The second-order valence-corrected chi connectivity index (χ2v) is 7.78. The van der Waals surface area contributed by atoms with Gasteiger partial charge in [-0.05, 0) is 43.8 Å². The highest BCUT2D eigenvalue weighted by Gasteiger charge is 2.36. The Morgan fingerprint density at radius 3 is 2.64 bits per heavy atom. The highest BCUT2D eigenvalue weighted by Crippen LogP contribution is 2.23. The Hall–Kier alpha value is -2.37. The minimum absolute atomic E-state index is 0.00216. The lowest BCUT2D eigenvalue weighted by Gasteiger charge is -2.28. The van der Waals surface area contributed by atoms with E-state index in [-0.39, 0.29) is 17.9 Å². The first-order valence-electron chi connectivity index (χ1n) is 9.48. The van der Waals surface area contributed by atoms with Crippen LogP contribution in [0.15, 0.2) is 54.6 Å². The van der Waals surface area contributed by atoms with Crippen molar-refractivity contribution in [2.24, 2.45) is 0 Å². The fourth-order valence-electron chi connectivity index (χ4n) is 3.61. The topological polar surface area (TPSA) is 52.7 Å². The molecule has 5 nitrogen and oxygen atoms in total. The van der Waals surface area contributed by atoms with Crippen LogP contribution >= 0.6 is 11.6 Å². The number of benzene rings is 2. The molecule has 0 spiro atoms. The summed E-state index contributed by atoms with van der Waals surface area (Å²) in [6.45, 7) is 0.916. The Morgan fingerprint density at radius 1 is 1.21 bits per heavy atom. The van der Waals surface area contributed by atoms with Gasteiger partial charge in [0.1, 0.15) is 6.04 Å². The van der Waals surface area contributed by atoms with Crippen LogP contribution < -0.4 is 5.32 Å². The van der Waals surface area contributed by atoms with Crippen LogP contribution in [0.25, 0.3) is 0 Å². The van der Waals surface area contributed by atoms with Crippen molar-refractivity contribution in [1.82, 2.24) is 15.1 Å². The standard InChI is InChI=1S/C22H26ClN3O2/c1-25(2)20(17-9-6-10-18(23)13-17)14-24-22(28)19-11-12-21(27)26(19)15-16-7-4-3-5-8-16/h3-10,13,19-20H,11-12,14-15H2,1-2H3,(H,24,28). The molecule has 1 N–H and O–H groups in total. The van der Waals surface area contributed by atoms with Gasteiger partial charge in [0.2, 0.25) is 11.8 Å². The molecule has 6 heteroatoms. The third-order valence-electron chi connectivity index (χ3n) is 5.15. The first-order valence-corrected chi connectivity index (χ1v) is 9.86. The SMILES string of the molecule is CN(C)C(CNC(=O)C1CCC(=O)N1Cc1ccccc1)c1cccc(Cl)c1. The molecular weight excluding hydrogens is 374 g/mol. The number of hydrogen-bond acceptors (Lipinski definition) is 3. The third kappa shape index (κ3) is 4.91. The van der Waals surface area contributed by atoms with Gasteiger partial charge in [-0.25, -0.2) is 0 Å². The van der Waals surface area contributed by atoms with E-state index in [4.69, 9.17) is 11.6 Å². The molecule has 1 aliphatic heterocycles. The van der Waals surface area contributed by atoms with E-state index in [1.807, 2.05) is 73.6 Å². The number of carbonyl (C=O) groups excluding carboxylic acids is 2. The molecule has 0 aromatic heterocycles. The summed E-state index contributed by atoms with van der Waals surface area (Å²) in [6.07, 6.45) is 0.970. The van der Waals surface area contributed by atoms with Crippen molar-refractivity contribution < 1.29 is 9.59 Å². The maximum absolute atomic E-state index is 12.9. The molecule has 1 fully saturated rings. The highest BCUT2D eigenvalue weighted by molar-refractivity contribution is 6.30. The van der Waals surface area contributed by atoms with Gasteiger partial charge in [0, 0.05) is 24.5 Å². The minimum Gasteiger partial charge on any atom is -0.352 e. The van der Waals surface area contributed by atoms with E-state index in [0.29, 0.717) is 31.0 Å². The fourth-order valence-corrected chi connectivity index (χ4v) is 3.81. The Labute approximate surface area is 171 Å². The first kappa shape index (κ1) is 20.4. The van der Waals surface area contributed by atoms with Crippen LogP contribution in [0.2, 0.25) is 5.02 Å². The van der Waals surface area contributed by atoms with Crippen LogP contribution in [0.1, 0.15) is 30.0 Å². The molecule has 1 saturated heterocycles. The zero-order valence-electron chi connectivity index (χ0n) is 16.3. The smallest absolute Gasteiger partial charge is 0.242 e. The van der Waals surface area contributed by atoms with E-state index in [1.54, 1.807) is 4.90 Å². The summed E-state index contributed by atoms with van der Waals surface area (Å²) in [6, 6.07) is 17.0. The molecule has 148 valence electrons. The number of rotatable bonds is 7. The van der Waals surface area contributed by atoms with Gasteiger partial charge in [0.15, 0.2) is 0 Å².